The molecule has 3 N–H and O–H groups in total. The number of hydrogen-bond acceptors (Lipinski definition) is 4. The first-order valence-corrected chi connectivity index (χ1v) is 8.91. The number of nitrogens with two attached hydrogens (primary N) is 1. The van der Waals surface area contributed by atoms with Crippen molar-refractivity contribution in [2.75, 3.05) is 25.6 Å². The lowest BCUT2D eigenvalue weighted by Crippen LogP contribution is -2.24. The van der Waals surface area contributed by atoms with E-state index in [2.05, 4.69) is 15.0 Å². The van der Waals surface area contributed by atoms with Crippen molar-refractivity contribution >= 4 is 11.6 Å². The van der Waals surface area contributed by atoms with Crippen LogP contribution in [0.4, 0.5) is 18.9 Å². The molecule has 0 aromatic heterocycles. The zero-order valence-electron chi connectivity index (χ0n) is 16.3. The predicted octanol–water partition coefficient (Wildman–Crippen LogP) is 4.24. The van der Waals surface area contributed by atoms with Gasteiger partial charge >= 0.3 is 6.36 Å². The Kier molecular flexibility index (Phi) is 8.14. The standard InChI is InChI=1S/C20H24F3N3O3/c1-14-8-9-15(18(12-14)28-11-5-10-27-2)13-25-19(24)26-16-6-3-4-7-17(16)29-20(21,22)23/h3-4,6-9,12H,5,10-11,13H2,1-2H3,(H3,24,25,26). The molecular weight excluding hydrogens is 387 g/mol. The fraction of sp³-hybridized carbons (Fsp3) is 0.350. The Bertz CT molecular complexity index is 826. The summed E-state index contributed by atoms with van der Waals surface area (Å²) in [5, 5.41) is 2.64. The highest BCUT2D eigenvalue weighted by molar-refractivity contribution is 5.93. The maximum atomic E-state index is 12.5. The largest absolute Gasteiger partial charge is 0.573 e. The maximum Gasteiger partial charge on any atom is 0.573 e. The Morgan fingerprint density at radius 2 is 1.86 bits per heavy atom. The zero-order chi connectivity index (χ0) is 21.3. The third-order valence-corrected chi connectivity index (χ3v) is 3.77. The van der Waals surface area contributed by atoms with Crippen molar-refractivity contribution in [3.8, 4) is 11.5 Å². The summed E-state index contributed by atoms with van der Waals surface area (Å²) in [6, 6.07) is 11.3. The van der Waals surface area contributed by atoms with Gasteiger partial charge in [0.25, 0.3) is 0 Å². The second kappa shape index (κ2) is 10.6. The summed E-state index contributed by atoms with van der Waals surface area (Å²) in [5.41, 5.74) is 7.75. The minimum atomic E-state index is -4.80. The number of rotatable bonds is 9. The van der Waals surface area contributed by atoms with E-state index in [1.165, 1.54) is 18.2 Å². The lowest BCUT2D eigenvalue weighted by atomic mass is 10.1. The summed E-state index contributed by atoms with van der Waals surface area (Å²) < 4.78 is 52.3. The molecule has 0 saturated heterocycles. The number of methoxy groups -OCH3 is 1. The monoisotopic (exact) mass is 411 g/mol. The fourth-order valence-corrected chi connectivity index (χ4v) is 2.44. The normalized spacial score (nSPS) is 12.0. The number of alkyl halides is 3. The minimum Gasteiger partial charge on any atom is -0.493 e. The van der Waals surface area contributed by atoms with Crippen LogP contribution in [0.15, 0.2) is 47.5 Å². The molecule has 0 bridgehead atoms. The molecule has 158 valence electrons. The van der Waals surface area contributed by atoms with E-state index >= 15 is 0 Å². The second-order valence-corrected chi connectivity index (χ2v) is 6.18. The van der Waals surface area contributed by atoms with Crippen molar-refractivity contribution in [2.24, 2.45) is 10.7 Å². The number of benzene rings is 2. The Labute approximate surface area is 167 Å². The van der Waals surface area contributed by atoms with E-state index in [9.17, 15) is 13.2 Å². The van der Waals surface area contributed by atoms with Crippen molar-refractivity contribution < 1.29 is 27.4 Å². The Hall–Kier alpha value is -2.94. The molecule has 29 heavy (non-hydrogen) atoms. The summed E-state index contributed by atoms with van der Waals surface area (Å²) in [6.45, 7) is 3.23. The molecule has 0 amide bonds. The molecule has 0 radical (unpaired) electrons. The number of hydrogen-bond donors (Lipinski definition) is 2. The van der Waals surface area contributed by atoms with Gasteiger partial charge in [-0.3, -0.25) is 0 Å². The van der Waals surface area contributed by atoms with Crippen LogP contribution in [-0.2, 0) is 11.3 Å². The van der Waals surface area contributed by atoms with Gasteiger partial charge in [-0.2, -0.15) is 0 Å². The molecular formula is C20H24F3N3O3. The average Bonchev–Trinajstić information content (AvgIpc) is 2.65. The van der Waals surface area contributed by atoms with Gasteiger partial charge < -0.3 is 25.3 Å². The van der Waals surface area contributed by atoms with Gasteiger partial charge in [0.15, 0.2) is 11.7 Å². The first-order valence-electron chi connectivity index (χ1n) is 8.91. The van der Waals surface area contributed by atoms with E-state index in [1.807, 2.05) is 25.1 Å². The van der Waals surface area contributed by atoms with Gasteiger partial charge in [0.05, 0.1) is 18.8 Å². The topological polar surface area (TPSA) is 78.1 Å². The van der Waals surface area contributed by atoms with Gasteiger partial charge in [-0.1, -0.05) is 24.3 Å². The second-order valence-electron chi connectivity index (χ2n) is 6.18. The third-order valence-electron chi connectivity index (χ3n) is 3.77. The lowest BCUT2D eigenvalue weighted by molar-refractivity contribution is -0.274. The summed E-state index contributed by atoms with van der Waals surface area (Å²) in [6.07, 6.45) is -4.06. The molecule has 0 aliphatic carbocycles. The number of ether oxygens (including phenoxy) is 3. The van der Waals surface area contributed by atoms with Gasteiger partial charge in [-0.05, 0) is 30.7 Å². The molecule has 6 nitrogen and oxygen atoms in total. The Morgan fingerprint density at radius 1 is 1.10 bits per heavy atom. The summed E-state index contributed by atoms with van der Waals surface area (Å²) in [5.74, 6) is 0.239. The van der Waals surface area contributed by atoms with E-state index in [1.54, 1.807) is 13.2 Å². The highest BCUT2D eigenvalue weighted by Crippen LogP contribution is 2.29. The SMILES string of the molecule is COCCCOc1cc(C)ccc1CN=C(N)Nc1ccccc1OC(F)(F)F. The molecule has 0 saturated carbocycles. The Morgan fingerprint density at radius 3 is 2.59 bits per heavy atom. The molecule has 0 spiro atoms. The molecule has 0 aliphatic heterocycles. The fourth-order valence-electron chi connectivity index (χ4n) is 2.44. The van der Waals surface area contributed by atoms with E-state index in [0.29, 0.717) is 19.0 Å². The van der Waals surface area contributed by atoms with E-state index in [-0.39, 0.29) is 18.2 Å². The summed E-state index contributed by atoms with van der Waals surface area (Å²) >= 11 is 0. The van der Waals surface area contributed by atoms with Crippen LogP contribution in [0.25, 0.3) is 0 Å². The first kappa shape index (κ1) is 22.4. The van der Waals surface area contributed by atoms with E-state index in [4.69, 9.17) is 15.2 Å². The van der Waals surface area contributed by atoms with Crippen LogP contribution in [-0.4, -0.2) is 32.6 Å². The van der Waals surface area contributed by atoms with Crippen LogP contribution in [0.1, 0.15) is 17.5 Å². The number of anilines is 1. The van der Waals surface area contributed by atoms with Crippen molar-refractivity contribution in [2.45, 2.75) is 26.3 Å². The smallest absolute Gasteiger partial charge is 0.493 e. The van der Waals surface area contributed by atoms with Crippen LogP contribution in [0, 0.1) is 6.92 Å². The van der Waals surface area contributed by atoms with Gasteiger partial charge in [-0.15, -0.1) is 13.2 Å². The molecule has 0 fully saturated rings. The first-order chi connectivity index (χ1) is 13.8. The van der Waals surface area contributed by atoms with E-state index in [0.717, 1.165) is 17.5 Å². The predicted molar refractivity (Wildman–Crippen MR) is 105 cm³/mol. The van der Waals surface area contributed by atoms with Crippen LogP contribution in [0.5, 0.6) is 11.5 Å². The zero-order valence-corrected chi connectivity index (χ0v) is 16.3. The van der Waals surface area contributed by atoms with Crippen LogP contribution >= 0.6 is 0 Å². The summed E-state index contributed by atoms with van der Waals surface area (Å²) in [4.78, 5) is 4.20. The number of para-hydroxylation sites is 2. The molecule has 0 atom stereocenters. The quantitative estimate of drug-likeness (QED) is 0.367. The molecule has 0 aliphatic rings. The highest BCUT2D eigenvalue weighted by atomic mass is 19.4. The highest BCUT2D eigenvalue weighted by Gasteiger charge is 2.32. The molecule has 9 heteroatoms. The van der Waals surface area contributed by atoms with Crippen molar-refractivity contribution in [1.29, 1.82) is 0 Å². The van der Waals surface area contributed by atoms with Crippen molar-refractivity contribution in [1.82, 2.24) is 0 Å². The third kappa shape index (κ3) is 7.90. The number of halogens is 3. The van der Waals surface area contributed by atoms with Gasteiger partial charge in [-0.25, -0.2) is 4.99 Å². The summed E-state index contributed by atoms with van der Waals surface area (Å²) in [7, 11) is 1.63. The number of aryl methyl sites for hydroxylation is 1. The number of aliphatic imine (C=N–C) groups is 1. The van der Waals surface area contributed by atoms with Crippen molar-refractivity contribution in [3.05, 3.63) is 53.6 Å². The molecule has 2 aromatic rings. The van der Waals surface area contributed by atoms with Gasteiger partial charge in [0, 0.05) is 25.7 Å². The average molecular weight is 411 g/mol. The molecule has 0 heterocycles. The van der Waals surface area contributed by atoms with Crippen LogP contribution in [0.3, 0.4) is 0 Å². The van der Waals surface area contributed by atoms with Gasteiger partial charge in [0.1, 0.15) is 5.75 Å². The molecule has 0 unspecified atom stereocenters. The van der Waals surface area contributed by atoms with Crippen molar-refractivity contribution in [3.63, 3.8) is 0 Å². The number of nitrogens with zero attached hydrogens (tertiary/aromatic N) is 1. The van der Waals surface area contributed by atoms with E-state index < -0.39 is 12.1 Å². The maximum absolute atomic E-state index is 12.5. The van der Waals surface area contributed by atoms with Crippen LogP contribution < -0.4 is 20.5 Å². The number of guanidine groups is 1. The minimum absolute atomic E-state index is 0.0471. The molecule has 2 rings (SSSR count). The lowest BCUT2D eigenvalue weighted by Gasteiger charge is -2.14. The molecule has 2 aromatic carbocycles. The Balaban J connectivity index is 2.07. The number of nitrogens with one attached hydrogen (secondary N) is 1. The van der Waals surface area contributed by atoms with Crippen LogP contribution in [0.2, 0.25) is 0 Å². The van der Waals surface area contributed by atoms with Gasteiger partial charge in [0.2, 0.25) is 0 Å².